The summed E-state index contributed by atoms with van der Waals surface area (Å²) in [6, 6.07) is 87.0. The maximum atomic E-state index is 11.3. The molecule has 1 unspecified atom stereocenters. The van der Waals surface area contributed by atoms with Crippen LogP contribution in [-0.4, -0.2) is 20.4 Å². The third-order valence-electron chi connectivity index (χ3n) is 26.3. The molecule has 0 aromatic heterocycles. The van der Waals surface area contributed by atoms with Gasteiger partial charge < -0.3 is 110 Å². The first-order chi connectivity index (χ1) is 57.3. The Labute approximate surface area is 900 Å². The van der Waals surface area contributed by atoms with Crippen molar-refractivity contribution in [3.63, 3.8) is 0 Å². The van der Waals surface area contributed by atoms with Crippen molar-refractivity contribution in [2.24, 2.45) is 41.4 Å². The summed E-state index contributed by atoms with van der Waals surface area (Å²) in [6.45, 7) is 52.4. The molecule has 0 bridgehead atoms. The molecule has 0 heterocycles. The zero-order valence-corrected chi connectivity index (χ0v) is 97.5. The molecule has 4 nitrogen and oxygen atoms in total. The minimum atomic E-state index is -0.114. The second-order valence-corrected chi connectivity index (χ2v) is 41.5. The van der Waals surface area contributed by atoms with E-state index in [9.17, 15) is 20.4 Å². The van der Waals surface area contributed by atoms with Crippen molar-refractivity contribution < 1.29 is 107 Å². The van der Waals surface area contributed by atoms with E-state index in [-0.39, 0.29) is 208 Å². The molecule has 0 saturated heterocycles. The van der Waals surface area contributed by atoms with E-state index in [1.54, 1.807) is 6.07 Å². The van der Waals surface area contributed by atoms with Crippen LogP contribution in [0.15, 0.2) is 243 Å². The Morgan fingerprint density at radius 1 is 0.234 bits per heavy atom. The summed E-state index contributed by atoms with van der Waals surface area (Å²) < 4.78 is 0. The number of phenolic OH excluding ortho intramolecular Hbond substituents is 4. The van der Waals surface area contributed by atoms with Crippen LogP contribution >= 0.6 is 0 Å². The molecule has 0 fully saturated rings. The van der Waals surface area contributed by atoms with Crippen LogP contribution in [0, 0.1) is 144 Å². The molecule has 0 aliphatic heterocycles. The van der Waals surface area contributed by atoms with E-state index < -0.39 is 0 Å². The second-order valence-electron chi connectivity index (χ2n) is 41.5. The first kappa shape index (κ1) is 136. The van der Waals surface area contributed by atoms with Crippen LogP contribution in [-0.2, 0) is 119 Å². The van der Waals surface area contributed by atoms with E-state index in [2.05, 4.69) is 353 Å². The van der Waals surface area contributed by atoms with Crippen molar-refractivity contribution in [3.8, 4) is 112 Å². The maximum absolute atomic E-state index is 11.3. The number of aromatic hydroxyl groups is 4. The Bertz CT molecular complexity index is 5710. The molecule has 730 valence electrons. The van der Waals surface area contributed by atoms with Gasteiger partial charge in [0.2, 0.25) is 0 Å². The summed E-state index contributed by atoms with van der Waals surface area (Å²) in [4.78, 5) is 0. The van der Waals surface area contributed by atoms with E-state index in [1.165, 1.54) is 100 Å². The predicted molar refractivity (Wildman–Crippen MR) is 594 cm³/mol. The van der Waals surface area contributed by atoms with Crippen LogP contribution in [0.5, 0.6) is 23.0 Å². The number of rotatable bonds is 20. The number of phenols is 4. The van der Waals surface area contributed by atoms with Crippen molar-refractivity contribution in [2.75, 3.05) is 0 Å². The monoisotopic (exact) mass is 1980 g/mol. The van der Waals surface area contributed by atoms with Crippen molar-refractivity contribution in [1.82, 2.24) is 0 Å². The van der Waals surface area contributed by atoms with Gasteiger partial charge in [0.25, 0.3) is 0 Å². The largest absolute Gasteiger partial charge is 3.00 e. The first-order valence-electron chi connectivity index (χ1n) is 45.6. The summed E-state index contributed by atoms with van der Waals surface area (Å²) in [5.74, 6) is 5.65. The third-order valence-corrected chi connectivity index (χ3v) is 26.3. The van der Waals surface area contributed by atoms with Crippen LogP contribution in [0.4, 0.5) is 0 Å². The fourth-order valence-corrected chi connectivity index (χ4v) is 22.4. The van der Waals surface area contributed by atoms with Gasteiger partial charge in [-0.05, 0) is 301 Å². The fraction of sp³-hybridized carbons (Fsp3) is 0.349. The molecular weight excluding hydrogens is 1800 g/mol. The predicted octanol–water partition coefficient (Wildman–Crippen LogP) is 38.0. The molecule has 0 amide bonds. The molecule has 0 saturated carbocycles. The Balaban J connectivity index is -0.000000830. The van der Waals surface area contributed by atoms with Gasteiger partial charge in [-0.1, -0.05) is 339 Å². The van der Waals surface area contributed by atoms with Crippen molar-refractivity contribution >= 4 is 0 Å². The Morgan fingerprint density at radius 3 is 0.788 bits per heavy atom. The summed E-state index contributed by atoms with van der Waals surface area (Å²) in [5, 5.41) is 43.0. The standard InChI is InChI=1S/C32H40O.C31H38O.C28H32O.C26H28O.12CH3.4Ti/c1-20(2)18-32(19-21(3)4)27-12-10-9-11-24(27)25-14-13-23(17-28(25)32)26-15-22(5)16-29(30(26)33)31(6,7)8;1-20(2)18-31(19-21(3)4)27-11-9-8-10-24(27)25-14-12-22(16-28(25)31)26-17-23(30(5,6)7)13-15-29(26)32;1-18(2)16-28(17-19(3)4)25-9-7-6-8-22(25)23-12-11-21(15-26(23)28)24-14-20(5)10-13-27(24)29;1-4-15-26(17-18(2)3)23-11-7-5-10-21(23)22-14-13-19(16-24(22)26)20-9-6-8-12-25(20)27;;;;;;;;;;;;;;;;/h9-17,20-21,33H,18-19H2,1-8H3;8-17,20-21,32H,18-19H2,1-7H3;6-15,18-19,29H,16-17H2,1-5H3;5-14,16,18,27H,4,15,17H2,1-3H3;12*1H3;;;;/q;;;;12*-1;4*+3. The van der Waals surface area contributed by atoms with Crippen LogP contribution in [0.1, 0.15) is 270 Å². The number of hydrogen-bond donors (Lipinski definition) is 4. The van der Waals surface area contributed by atoms with Crippen molar-refractivity contribution in [3.05, 3.63) is 399 Å². The third kappa shape index (κ3) is 27.8. The smallest absolute Gasteiger partial charge is 0.507 e. The van der Waals surface area contributed by atoms with Gasteiger partial charge >= 0.3 is 86.9 Å². The Kier molecular flexibility index (Phi) is 54.9. The molecule has 8 heteroatoms. The second kappa shape index (κ2) is 55.4. The molecule has 4 N–H and O–H groups in total. The summed E-state index contributed by atoms with van der Waals surface area (Å²) in [7, 11) is 0. The number of benzene rings is 12. The molecule has 4 radical (unpaired) electrons. The zero-order chi connectivity index (χ0) is 87.2. The van der Waals surface area contributed by atoms with Gasteiger partial charge in [0, 0.05) is 49.5 Å². The zero-order valence-electron chi connectivity index (χ0n) is 91.3. The van der Waals surface area contributed by atoms with E-state index in [1.807, 2.05) is 42.5 Å². The van der Waals surface area contributed by atoms with Gasteiger partial charge in [-0.25, -0.2) is 0 Å². The first-order valence-corrected chi connectivity index (χ1v) is 45.6. The minimum absolute atomic E-state index is 0. The topological polar surface area (TPSA) is 80.9 Å². The van der Waals surface area contributed by atoms with Gasteiger partial charge in [0.1, 0.15) is 23.0 Å². The minimum Gasteiger partial charge on any atom is -0.507 e. The fourth-order valence-electron chi connectivity index (χ4n) is 22.4. The van der Waals surface area contributed by atoms with Crippen molar-refractivity contribution in [1.29, 1.82) is 0 Å². The van der Waals surface area contributed by atoms with Gasteiger partial charge in [-0.2, -0.15) is 0 Å². The SMILES string of the molecule is CC(C)CC1(CC(C)C)c2ccccc2-c2ccc(-c3cc(C(C)(C)C)ccc3O)cc21.CCCC1(CC(C)C)c2ccccc2-c2ccc(-c3ccccc3O)cc21.Cc1cc(-c2ccc3c(c2)C(CC(C)C)(CC(C)C)c2ccccc2-3)c(O)c(C(C)(C)C)c1.Cc1ccc(O)c(-c2ccc3c(c2)C(CC(C)C)(CC(C)C)c2ccccc2-3)c1.[CH3-].[CH3-].[CH3-].[CH3-].[CH3-].[CH3-].[CH3-].[CH3-].[CH3-].[CH3-].[CH3-].[CH3-].[Ti+3].[Ti+3].[Ti+3].[Ti+3]. The van der Waals surface area contributed by atoms with Crippen LogP contribution in [0.25, 0.3) is 89.0 Å². The van der Waals surface area contributed by atoms with Crippen LogP contribution in [0.2, 0.25) is 0 Å². The van der Waals surface area contributed by atoms with E-state index >= 15 is 0 Å². The normalized spacial score (nSPS) is 13.5. The number of hydrogen-bond acceptors (Lipinski definition) is 4. The number of fused-ring (bicyclic) bond motifs is 12. The molecule has 4 aliphatic carbocycles. The molecule has 0 spiro atoms. The van der Waals surface area contributed by atoms with Gasteiger partial charge in [-0.15, -0.1) is 0 Å². The molecule has 1 atom stereocenters. The number of para-hydroxylation sites is 1. The van der Waals surface area contributed by atoms with Crippen LogP contribution in [0.3, 0.4) is 0 Å². The molecule has 12 aromatic rings. The Morgan fingerprint density at radius 2 is 0.482 bits per heavy atom. The molecule has 16 rings (SSSR count). The number of aryl methyl sites for hydroxylation is 2. The van der Waals surface area contributed by atoms with Gasteiger partial charge in [0.15, 0.2) is 0 Å². The van der Waals surface area contributed by atoms with Crippen LogP contribution < -0.4 is 0 Å². The van der Waals surface area contributed by atoms with E-state index in [0.29, 0.717) is 64.4 Å². The van der Waals surface area contributed by atoms with E-state index in [4.69, 9.17) is 0 Å². The molecule has 137 heavy (non-hydrogen) atoms. The quantitative estimate of drug-likeness (QED) is 0.0453. The Hall–Kier alpha value is -7.30. The molecule has 4 aliphatic rings. The summed E-state index contributed by atoms with van der Waals surface area (Å²) in [6.07, 6.45) is 10.3. The molecule has 12 aromatic carbocycles. The van der Waals surface area contributed by atoms with Crippen molar-refractivity contribution in [2.45, 2.75) is 250 Å². The van der Waals surface area contributed by atoms with Gasteiger partial charge in [0.05, 0.1) is 0 Å². The maximum Gasteiger partial charge on any atom is 3.00 e. The molecular formula is C129H174O4Ti4. The summed E-state index contributed by atoms with van der Waals surface area (Å²) in [5.41, 5.74) is 35.4. The average molecular weight is 1980 g/mol. The average Bonchev–Trinajstić information content (AvgIpc) is 1.58. The van der Waals surface area contributed by atoms with E-state index in [0.717, 1.165) is 113 Å². The summed E-state index contributed by atoms with van der Waals surface area (Å²) >= 11 is 0. The van der Waals surface area contributed by atoms with Gasteiger partial charge in [-0.3, -0.25) is 0 Å².